The highest BCUT2D eigenvalue weighted by Crippen LogP contribution is 2.25. The Morgan fingerprint density at radius 2 is 1.77 bits per heavy atom. The van der Waals surface area contributed by atoms with Crippen LogP contribution in [0.2, 0.25) is 0 Å². The second-order valence-electron chi connectivity index (χ2n) is 5.27. The van der Waals surface area contributed by atoms with Crippen LogP contribution in [0.1, 0.15) is 44.1 Å². The maximum Gasteiger partial charge on any atom is 0.389 e. The zero-order chi connectivity index (χ0) is 16.4. The zero-order valence-electron chi connectivity index (χ0n) is 12.6. The number of para-hydroxylation sites is 1. The van der Waals surface area contributed by atoms with Crippen LogP contribution >= 0.6 is 0 Å². The Morgan fingerprint density at radius 3 is 2.45 bits per heavy atom. The first-order valence-corrected chi connectivity index (χ1v) is 7.57. The Bertz CT molecular complexity index is 461. The average molecular weight is 316 g/mol. The standard InChI is InChI=1S/C16H23F3N2O/c17-16(18,19)11-10-13-7-4-5-8-14(13)21-15(22)9-3-1-2-6-12-20/h4-5,7-8H,1-3,6,9-12,20H2,(H,21,22). The first-order valence-electron chi connectivity index (χ1n) is 7.57. The van der Waals surface area contributed by atoms with Crippen molar-refractivity contribution in [1.29, 1.82) is 0 Å². The number of aryl methyl sites for hydroxylation is 1. The number of alkyl halides is 3. The first kappa shape index (κ1) is 18.5. The largest absolute Gasteiger partial charge is 0.389 e. The summed E-state index contributed by atoms with van der Waals surface area (Å²) in [6, 6.07) is 6.63. The Balaban J connectivity index is 2.45. The van der Waals surface area contributed by atoms with Crippen molar-refractivity contribution in [2.45, 2.75) is 51.1 Å². The molecular formula is C16H23F3N2O. The van der Waals surface area contributed by atoms with Crippen molar-refractivity contribution in [2.75, 3.05) is 11.9 Å². The van der Waals surface area contributed by atoms with Gasteiger partial charge in [-0.25, -0.2) is 0 Å². The van der Waals surface area contributed by atoms with Crippen molar-refractivity contribution >= 4 is 11.6 Å². The summed E-state index contributed by atoms with van der Waals surface area (Å²) < 4.78 is 36.9. The normalized spacial score (nSPS) is 11.5. The maximum atomic E-state index is 12.3. The summed E-state index contributed by atoms with van der Waals surface area (Å²) >= 11 is 0. The van der Waals surface area contributed by atoms with Gasteiger partial charge in [0.15, 0.2) is 0 Å². The van der Waals surface area contributed by atoms with Gasteiger partial charge in [-0.2, -0.15) is 13.2 Å². The van der Waals surface area contributed by atoms with Crippen molar-refractivity contribution in [2.24, 2.45) is 5.73 Å². The molecule has 3 N–H and O–H groups in total. The molecule has 0 bridgehead atoms. The minimum Gasteiger partial charge on any atom is -0.330 e. The number of hydrogen-bond acceptors (Lipinski definition) is 2. The summed E-state index contributed by atoms with van der Waals surface area (Å²) in [5.74, 6) is -0.160. The highest BCUT2D eigenvalue weighted by Gasteiger charge is 2.26. The van der Waals surface area contributed by atoms with Crippen molar-refractivity contribution in [3.63, 3.8) is 0 Å². The fourth-order valence-electron chi connectivity index (χ4n) is 2.13. The van der Waals surface area contributed by atoms with E-state index in [4.69, 9.17) is 5.73 Å². The molecule has 0 saturated carbocycles. The summed E-state index contributed by atoms with van der Waals surface area (Å²) in [6.07, 6.45) is -1.21. The minimum atomic E-state index is -4.19. The number of carbonyl (C=O) groups is 1. The molecule has 0 unspecified atom stereocenters. The molecule has 0 radical (unpaired) electrons. The van der Waals surface area contributed by atoms with Gasteiger partial charge in [0.25, 0.3) is 0 Å². The zero-order valence-corrected chi connectivity index (χ0v) is 12.6. The number of unbranched alkanes of at least 4 members (excludes halogenated alkanes) is 3. The average Bonchev–Trinajstić information content (AvgIpc) is 2.45. The molecule has 1 amide bonds. The van der Waals surface area contributed by atoms with Gasteiger partial charge in [-0.05, 0) is 37.4 Å². The summed E-state index contributed by atoms with van der Waals surface area (Å²) in [6.45, 7) is 0.652. The van der Waals surface area contributed by atoms with Gasteiger partial charge < -0.3 is 11.1 Å². The van der Waals surface area contributed by atoms with Crippen LogP contribution in [-0.4, -0.2) is 18.6 Å². The van der Waals surface area contributed by atoms with Crippen LogP contribution in [0.4, 0.5) is 18.9 Å². The van der Waals surface area contributed by atoms with Gasteiger partial charge in [-0.15, -0.1) is 0 Å². The molecule has 6 heteroatoms. The van der Waals surface area contributed by atoms with Crippen LogP contribution in [0.15, 0.2) is 24.3 Å². The second kappa shape index (κ2) is 9.46. The molecule has 0 aliphatic heterocycles. The van der Waals surface area contributed by atoms with E-state index in [9.17, 15) is 18.0 Å². The molecule has 1 rings (SSSR count). The van der Waals surface area contributed by atoms with E-state index >= 15 is 0 Å². The van der Waals surface area contributed by atoms with Crippen LogP contribution < -0.4 is 11.1 Å². The SMILES string of the molecule is NCCCCCCC(=O)Nc1ccccc1CCC(F)(F)F. The minimum absolute atomic E-state index is 0.129. The van der Waals surface area contributed by atoms with Crippen LogP contribution in [0.25, 0.3) is 0 Å². The lowest BCUT2D eigenvalue weighted by Crippen LogP contribution is -2.14. The van der Waals surface area contributed by atoms with Gasteiger partial charge in [-0.3, -0.25) is 4.79 Å². The van der Waals surface area contributed by atoms with Gasteiger partial charge in [0.2, 0.25) is 5.91 Å². The molecule has 124 valence electrons. The van der Waals surface area contributed by atoms with Crippen molar-refractivity contribution < 1.29 is 18.0 Å². The molecular weight excluding hydrogens is 293 g/mol. The van der Waals surface area contributed by atoms with Gasteiger partial charge in [-0.1, -0.05) is 31.0 Å². The molecule has 0 heterocycles. The quantitative estimate of drug-likeness (QED) is 0.676. The molecule has 1 aromatic rings. The van der Waals surface area contributed by atoms with E-state index in [-0.39, 0.29) is 12.3 Å². The smallest absolute Gasteiger partial charge is 0.330 e. The highest BCUT2D eigenvalue weighted by molar-refractivity contribution is 5.91. The highest BCUT2D eigenvalue weighted by atomic mass is 19.4. The molecule has 0 spiro atoms. The number of nitrogens with two attached hydrogens (primary N) is 1. The number of benzene rings is 1. The Morgan fingerprint density at radius 1 is 1.09 bits per heavy atom. The van der Waals surface area contributed by atoms with Crippen molar-refractivity contribution in [3.8, 4) is 0 Å². The van der Waals surface area contributed by atoms with Crippen LogP contribution in [-0.2, 0) is 11.2 Å². The molecule has 0 aliphatic carbocycles. The van der Waals surface area contributed by atoms with E-state index in [0.29, 0.717) is 24.2 Å². The van der Waals surface area contributed by atoms with E-state index in [1.54, 1.807) is 24.3 Å². The third-order valence-electron chi connectivity index (χ3n) is 3.33. The van der Waals surface area contributed by atoms with Crippen LogP contribution in [0.5, 0.6) is 0 Å². The molecule has 1 aromatic carbocycles. The number of anilines is 1. The number of rotatable bonds is 9. The van der Waals surface area contributed by atoms with E-state index in [0.717, 1.165) is 25.7 Å². The summed E-state index contributed by atoms with van der Waals surface area (Å²) in [7, 11) is 0. The van der Waals surface area contributed by atoms with Gasteiger partial charge in [0, 0.05) is 18.5 Å². The summed E-state index contributed by atoms with van der Waals surface area (Å²) in [5.41, 5.74) is 6.37. The number of amides is 1. The number of carbonyl (C=O) groups excluding carboxylic acids is 1. The summed E-state index contributed by atoms with van der Waals surface area (Å²) in [5, 5.41) is 2.71. The van der Waals surface area contributed by atoms with Crippen LogP contribution in [0, 0.1) is 0 Å². The van der Waals surface area contributed by atoms with Gasteiger partial charge >= 0.3 is 6.18 Å². The molecule has 0 saturated heterocycles. The third kappa shape index (κ3) is 8.02. The lowest BCUT2D eigenvalue weighted by atomic mass is 10.1. The van der Waals surface area contributed by atoms with Gasteiger partial charge in [0.1, 0.15) is 0 Å². The Kier molecular flexibility index (Phi) is 7.95. The second-order valence-corrected chi connectivity index (χ2v) is 5.27. The van der Waals surface area contributed by atoms with Gasteiger partial charge in [0.05, 0.1) is 0 Å². The number of halogens is 3. The number of nitrogens with one attached hydrogen (secondary N) is 1. The fraction of sp³-hybridized carbons (Fsp3) is 0.562. The molecule has 0 aromatic heterocycles. The lowest BCUT2D eigenvalue weighted by molar-refractivity contribution is -0.133. The van der Waals surface area contributed by atoms with E-state index < -0.39 is 12.6 Å². The predicted octanol–water partition coefficient (Wildman–Crippen LogP) is 4.03. The Labute approximate surface area is 129 Å². The Hall–Kier alpha value is -1.56. The third-order valence-corrected chi connectivity index (χ3v) is 3.33. The van der Waals surface area contributed by atoms with E-state index in [2.05, 4.69) is 5.32 Å². The monoisotopic (exact) mass is 316 g/mol. The topological polar surface area (TPSA) is 55.1 Å². The van der Waals surface area contributed by atoms with Crippen molar-refractivity contribution in [3.05, 3.63) is 29.8 Å². The molecule has 22 heavy (non-hydrogen) atoms. The first-order chi connectivity index (χ1) is 10.4. The lowest BCUT2D eigenvalue weighted by Gasteiger charge is -2.12. The fourth-order valence-corrected chi connectivity index (χ4v) is 2.13. The number of hydrogen-bond donors (Lipinski definition) is 2. The summed E-state index contributed by atoms with van der Waals surface area (Å²) in [4.78, 5) is 11.8. The van der Waals surface area contributed by atoms with E-state index in [1.807, 2.05) is 0 Å². The molecule has 0 aliphatic rings. The predicted molar refractivity (Wildman–Crippen MR) is 81.6 cm³/mol. The molecule has 0 fully saturated rings. The van der Waals surface area contributed by atoms with Crippen molar-refractivity contribution in [1.82, 2.24) is 0 Å². The van der Waals surface area contributed by atoms with Crippen LogP contribution in [0.3, 0.4) is 0 Å². The van der Waals surface area contributed by atoms with E-state index in [1.165, 1.54) is 0 Å². The molecule has 3 nitrogen and oxygen atoms in total. The maximum absolute atomic E-state index is 12.3. The molecule has 0 atom stereocenters.